The standard InChI is InChI=1S/C24H22N2O3/c27-24(25-22-20-12-14-28-21(20)15-18-11-13-29-23(18)22)26(19-9-5-2-6-10-19)16-17-7-3-1-4-8-17/h1-10,15H,11-14,16H2,(H,25,27). The predicted molar refractivity (Wildman–Crippen MR) is 113 cm³/mol. The SMILES string of the molecule is O=C(Nc1c2c(cc3c1OCC3)OCC2)N(Cc1ccccc1)c1ccccc1. The number of fused-ring (bicyclic) bond motifs is 2. The molecule has 0 spiro atoms. The van der Waals surface area contributed by atoms with E-state index in [2.05, 4.69) is 11.4 Å². The summed E-state index contributed by atoms with van der Waals surface area (Å²) in [5.41, 5.74) is 4.78. The summed E-state index contributed by atoms with van der Waals surface area (Å²) < 4.78 is 11.6. The van der Waals surface area contributed by atoms with Crippen LogP contribution in [0.1, 0.15) is 16.7 Å². The van der Waals surface area contributed by atoms with E-state index in [4.69, 9.17) is 9.47 Å². The first-order valence-electron chi connectivity index (χ1n) is 9.91. The Balaban J connectivity index is 1.49. The first-order valence-corrected chi connectivity index (χ1v) is 9.91. The molecule has 0 saturated heterocycles. The number of anilines is 2. The van der Waals surface area contributed by atoms with Crippen LogP contribution in [0.2, 0.25) is 0 Å². The molecular weight excluding hydrogens is 364 g/mol. The van der Waals surface area contributed by atoms with Crippen molar-refractivity contribution in [2.24, 2.45) is 0 Å². The molecule has 0 fully saturated rings. The van der Waals surface area contributed by atoms with Gasteiger partial charge in [0.15, 0.2) is 0 Å². The van der Waals surface area contributed by atoms with Crippen molar-refractivity contribution >= 4 is 17.4 Å². The number of nitrogens with zero attached hydrogens (tertiary/aromatic N) is 1. The molecule has 2 aliphatic rings. The Morgan fingerprint density at radius 1 is 0.931 bits per heavy atom. The van der Waals surface area contributed by atoms with Crippen LogP contribution in [-0.4, -0.2) is 19.2 Å². The lowest BCUT2D eigenvalue weighted by Crippen LogP contribution is -2.34. The van der Waals surface area contributed by atoms with Crippen LogP contribution >= 0.6 is 0 Å². The molecule has 5 rings (SSSR count). The van der Waals surface area contributed by atoms with E-state index in [-0.39, 0.29) is 6.03 Å². The number of carbonyl (C=O) groups excluding carboxylic acids is 1. The normalized spacial score (nSPS) is 13.8. The van der Waals surface area contributed by atoms with Gasteiger partial charge in [-0.25, -0.2) is 4.79 Å². The second-order valence-electron chi connectivity index (χ2n) is 7.25. The van der Waals surface area contributed by atoms with Gasteiger partial charge in [0.2, 0.25) is 0 Å². The molecule has 1 N–H and O–H groups in total. The number of rotatable bonds is 4. The second-order valence-corrected chi connectivity index (χ2v) is 7.25. The van der Waals surface area contributed by atoms with E-state index in [1.165, 1.54) is 0 Å². The van der Waals surface area contributed by atoms with E-state index in [1.807, 2.05) is 60.7 Å². The maximum absolute atomic E-state index is 13.4. The van der Waals surface area contributed by atoms with Crippen LogP contribution in [0.5, 0.6) is 11.5 Å². The summed E-state index contributed by atoms with van der Waals surface area (Å²) in [6.45, 7) is 1.74. The predicted octanol–water partition coefficient (Wildman–Crippen LogP) is 4.80. The lowest BCUT2D eigenvalue weighted by atomic mass is 10.0. The number of nitrogens with one attached hydrogen (secondary N) is 1. The molecular formula is C24H22N2O3. The highest BCUT2D eigenvalue weighted by atomic mass is 16.5. The van der Waals surface area contributed by atoms with Crippen molar-refractivity contribution in [1.29, 1.82) is 0 Å². The van der Waals surface area contributed by atoms with Gasteiger partial charge in [-0.15, -0.1) is 0 Å². The largest absolute Gasteiger partial charge is 0.493 e. The van der Waals surface area contributed by atoms with E-state index in [0.29, 0.717) is 19.8 Å². The van der Waals surface area contributed by atoms with Crippen molar-refractivity contribution < 1.29 is 14.3 Å². The average molecular weight is 386 g/mol. The second kappa shape index (κ2) is 7.51. The first kappa shape index (κ1) is 17.6. The Morgan fingerprint density at radius 3 is 2.45 bits per heavy atom. The zero-order chi connectivity index (χ0) is 19.6. The number of hydrogen-bond donors (Lipinski definition) is 1. The molecule has 5 heteroatoms. The van der Waals surface area contributed by atoms with Crippen LogP contribution in [0, 0.1) is 0 Å². The number of benzene rings is 3. The third-order valence-corrected chi connectivity index (χ3v) is 5.38. The Labute approximate surface area is 169 Å². The minimum Gasteiger partial charge on any atom is -0.493 e. The summed E-state index contributed by atoms with van der Waals surface area (Å²) in [6, 6.07) is 21.6. The molecule has 3 aromatic carbocycles. The Bertz CT molecular complexity index is 1000. The molecule has 2 heterocycles. The van der Waals surface area contributed by atoms with Crippen LogP contribution in [0.25, 0.3) is 0 Å². The van der Waals surface area contributed by atoms with Gasteiger partial charge in [0, 0.05) is 29.7 Å². The van der Waals surface area contributed by atoms with Gasteiger partial charge >= 0.3 is 6.03 Å². The van der Waals surface area contributed by atoms with Gasteiger partial charge in [-0.05, 0) is 23.8 Å². The first-order chi connectivity index (χ1) is 14.3. The highest BCUT2D eigenvalue weighted by Crippen LogP contribution is 2.44. The fourth-order valence-corrected chi connectivity index (χ4v) is 3.95. The van der Waals surface area contributed by atoms with Crippen LogP contribution < -0.4 is 19.7 Å². The third kappa shape index (κ3) is 3.40. The van der Waals surface area contributed by atoms with Crippen molar-refractivity contribution in [2.45, 2.75) is 19.4 Å². The number of hydrogen-bond acceptors (Lipinski definition) is 3. The fourth-order valence-electron chi connectivity index (χ4n) is 3.95. The molecule has 0 aliphatic carbocycles. The molecule has 2 amide bonds. The van der Waals surface area contributed by atoms with E-state index in [9.17, 15) is 4.79 Å². The summed E-state index contributed by atoms with van der Waals surface area (Å²) in [4.78, 5) is 15.2. The molecule has 29 heavy (non-hydrogen) atoms. The monoisotopic (exact) mass is 386 g/mol. The average Bonchev–Trinajstić information content (AvgIpc) is 3.42. The zero-order valence-electron chi connectivity index (χ0n) is 16.1. The Morgan fingerprint density at radius 2 is 1.66 bits per heavy atom. The van der Waals surface area contributed by atoms with Gasteiger partial charge in [0.1, 0.15) is 11.5 Å². The van der Waals surface area contributed by atoms with Gasteiger partial charge in [-0.3, -0.25) is 4.90 Å². The smallest absolute Gasteiger partial charge is 0.326 e. The van der Waals surface area contributed by atoms with Crippen LogP contribution in [0.3, 0.4) is 0 Å². The van der Waals surface area contributed by atoms with Gasteiger partial charge in [0.25, 0.3) is 0 Å². The Kier molecular flexibility index (Phi) is 4.56. The molecule has 0 bridgehead atoms. The highest BCUT2D eigenvalue weighted by molar-refractivity contribution is 6.03. The molecule has 0 aromatic heterocycles. The summed E-state index contributed by atoms with van der Waals surface area (Å²) in [7, 11) is 0. The van der Waals surface area contributed by atoms with Crippen molar-refractivity contribution in [1.82, 2.24) is 0 Å². The molecule has 0 unspecified atom stereocenters. The van der Waals surface area contributed by atoms with Gasteiger partial charge in [0.05, 0.1) is 25.4 Å². The van der Waals surface area contributed by atoms with Gasteiger partial charge in [-0.1, -0.05) is 48.5 Å². The molecule has 146 valence electrons. The summed E-state index contributed by atoms with van der Waals surface area (Å²) >= 11 is 0. The Hall–Kier alpha value is -3.47. The minimum absolute atomic E-state index is 0.182. The molecule has 0 radical (unpaired) electrons. The number of para-hydroxylation sites is 1. The van der Waals surface area contributed by atoms with Crippen molar-refractivity contribution in [3.05, 3.63) is 83.4 Å². The highest BCUT2D eigenvalue weighted by Gasteiger charge is 2.29. The lowest BCUT2D eigenvalue weighted by Gasteiger charge is -2.24. The topological polar surface area (TPSA) is 50.8 Å². The minimum atomic E-state index is -0.182. The van der Waals surface area contributed by atoms with Crippen molar-refractivity contribution in [3.8, 4) is 11.5 Å². The molecule has 2 aliphatic heterocycles. The lowest BCUT2D eigenvalue weighted by molar-refractivity contribution is 0.256. The maximum atomic E-state index is 13.4. The van der Waals surface area contributed by atoms with Crippen LogP contribution in [0.4, 0.5) is 16.2 Å². The van der Waals surface area contributed by atoms with Crippen molar-refractivity contribution in [3.63, 3.8) is 0 Å². The fraction of sp³-hybridized carbons (Fsp3) is 0.208. The number of carbonyl (C=O) groups is 1. The molecule has 5 nitrogen and oxygen atoms in total. The quantitative estimate of drug-likeness (QED) is 0.701. The maximum Gasteiger partial charge on any atom is 0.326 e. The van der Waals surface area contributed by atoms with E-state index in [1.54, 1.807) is 4.90 Å². The zero-order valence-corrected chi connectivity index (χ0v) is 16.1. The molecule has 0 atom stereocenters. The number of urea groups is 1. The number of ether oxygens (including phenoxy) is 2. The van der Waals surface area contributed by atoms with E-state index in [0.717, 1.165) is 52.4 Å². The summed E-state index contributed by atoms with van der Waals surface area (Å²) in [5.74, 6) is 1.65. The molecule has 3 aromatic rings. The van der Waals surface area contributed by atoms with E-state index < -0.39 is 0 Å². The summed E-state index contributed by atoms with van der Waals surface area (Å²) in [6.07, 6.45) is 1.60. The van der Waals surface area contributed by atoms with Crippen LogP contribution in [0.15, 0.2) is 66.7 Å². The van der Waals surface area contributed by atoms with Gasteiger partial charge in [-0.2, -0.15) is 0 Å². The van der Waals surface area contributed by atoms with E-state index >= 15 is 0 Å². The summed E-state index contributed by atoms with van der Waals surface area (Å²) in [5, 5.41) is 3.14. The number of amides is 2. The molecule has 0 saturated carbocycles. The van der Waals surface area contributed by atoms with Crippen LogP contribution in [-0.2, 0) is 19.4 Å². The van der Waals surface area contributed by atoms with Gasteiger partial charge < -0.3 is 14.8 Å². The third-order valence-electron chi connectivity index (χ3n) is 5.38. The van der Waals surface area contributed by atoms with Crippen molar-refractivity contribution in [2.75, 3.05) is 23.4 Å².